The molecular formula is C15H18N2O3S. The van der Waals surface area contributed by atoms with Crippen LogP contribution in [0.3, 0.4) is 0 Å². The normalized spacial score (nSPS) is 17.6. The van der Waals surface area contributed by atoms with Gasteiger partial charge in [-0.25, -0.2) is 4.98 Å². The van der Waals surface area contributed by atoms with E-state index in [0.29, 0.717) is 34.9 Å². The summed E-state index contributed by atoms with van der Waals surface area (Å²) in [6.07, 6.45) is 1.32. The molecule has 1 unspecified atom stereocenters. The first-order valence-corrected chi connectivity index (χ1v) is 7.97. The molecule has 0 aromatic carbocycles. The van der Waals surface area contributed by atoms with Crippen molar-refractivity contribution < 1.29 is 9.90 Å². The number of fused-ring (bicyclic) bond motifs is 3. The second-order valence-corrected chi connectivity index (χ2v) is 7.10. The van der Waals surface area contributed by atoms with Crippen molar-refractivity contribution in [3.05, 3.63) is 26.6 Å². The third kappa shape index (κ3) is 2.18. The molecule has 0 fully saturated rings. The van der Waals surface area contributed by atoms with Crippen LogP contribution in [0, 0.1) is 12.8 Å². The number of hydrogen-bond acceptors (Lipinski definition) is 4. The van der Waals surface area contributed by atoms with Gasteiger partial charge in [0.15, 0.2) is 0 Å². The second-order valence-electron chi connectivity index (χ2n) is 6.02. The van der Waals surface area contributed by atoms with E-state index in [2.05, 4.69) is 4.98 Å². The molecule has 2 heterocycles. The highest BCUT2D eigenvalue weighted by molar-refractivity contribution is 7.18. The van der Waals surface area contributed by atoms with Gasteiger partial charge in [-0.15, -0.1) is 11.3 Å². The number of aryl methyl sites for hydroxylation is 2. The van der Waals surface area contributed by atoms with Crippen LogP contribution in [0.2, 0.25) is 0 Å². The van der Waals surface area contributed by atoms with Gasteiger partial charge in [0.2, 0.25) is 0 Å². The van der Waals surface area contributed by atoms with Gasteiger partial charge in [0, 0.05) is 11.4 Å². The van der Waals surface area contributed by atoms with Gasteiger partial charge in [-0.2, -0.15) is 0 Å². The average molecular weight is 306 g/mol. The van der Waals surface area contributed by atoms with Crippen molar-refractivity contribution in [3.63, 3.8) is 0 Å². The quantitative estimate of drug-likeness (QED) is 0.946. The molecule has 2 aromatic heterocycles. The lowest BCUT2D eigenvalue weighted by Crippen LogP contribution is -2.26. The van der Waals surface area contributed by atoms with Crippen LogP contribution in [0.1, 0.15) is 42.5 Å². The van der Waals surface area contributed by atoms with Gasteiger partial charge < -0.3 is 5.11 Å². The van der Waals surface area contributed by atoms with Gasteiger partial charge in [-0.1, -0.05) is 13.8 Å². The summed E-state index contributed by atoms with van der Waals surface area (Å²) in [5.41, 5.74) is 0.634. The fraction of sp³-hybridized carbons (Fsp3) is 0.533. The fourth-order valence-corrected chi connectivity index (χ4v) is 4.34. The lowest BCUT2D eigenvalue weighted by Gasteiger charge is -2.12. The summed E-state index contributed by atoms with van der Waals surface area (Å²) in [5.74, 6) is -0.363. The summed E-state index contributed by atoms with van der Waals surface area (Å²) < 4.78 is 1.68. The molecule has 0 amide bonds. The van der Waals surface area contributed by atoms with Crippen molar-refractivity contribution in [1.82, 2.24) is 9.55 Å². The third-order valence-electron chi connectivity index (χ3n) is 3.97. The summed E-state index contributed by atoms with van der Waals surface area (Å²) in [6, 6.07) is 0. The molecule has 0 spiro atoms. The van der Waals surface area contributed by atoms with Crippen molar-refractivity contribution in [2.45, 2.75) is 46.1 Å². The van der Waals surface area contributed by atoms with E-state index in [9.17, 15) is 14.7 Å². The minimum absolute atomic E-state index is 0.0863. The molecule has 0 saturated heterocycles. The molecule has 0 aliphatic heterocycles. The van der Waals surface area contributed by atoms with Crippen LogP contribution < -0.4 is 5.56 Å². The Morgan fingerprint density at radius 2 is 2.24 bits per heavy atom. The van der Waals surface area contributed by atoms with Gasteiger partial charge in [0.1, 0.15) is 10.7 Å². The van der Waals surface area contributed by atoms with E-state index in [0.717, 1.165) is 16.9 Å². The largest absolute Gasteiger partial charge is 0.481 e. The first-order valence-electron chi connectivity index (χ1n) is 7.15. The Labute approximate surface area is 126 Å². The molecule has 0 saturated carbocycles. The molecule has 1 atom stereocenters. The van der Waals surface area contributed by atoms with E-state index in [-0.39, 0.29) is 5.56 Å². The number of nitrogens with zero attached hydrogens (tertiary/aromatic N) is 2. The number of rotatable bonds is 3. The highest BCUT2D eigenvalue weighted by atomic mass is 32.1. The Balaban J connectivity index is 2.29. The van der Waals surface area contributed by atoms with Gasteiger partial charge >= 0.3 is 5.97 Å². The number of hydrogen-bond donors (Lipinski definition) is 1. The maximum absolute atomic E-state index is 12.8. The standard InChI is InChI=1S/C15H18N2O3S/c1-7(2)6-17-8(3)16-13-12(14(17)18)11-9(15(19)20)4-5-10(11)21-13/h7,9H,4-6H2,1-3H3,(H,19,20). The Morgan fingerprint density at radius 3 is 2.86 bits per heavy atom. The SMILES string of the molecule is Cc1nc2sc3c(c2c(=O)n1CC(C)C)C(C(=O)O)CC3. The predicted molar refractivity (Wildman–Crippen MR) is 82.2 cm³/mol. The van der Waals surface area contributed by atoms with Crippen LogP contribution in [0.25, 0.3) is 10.2 Å². The van der Waals surface area contributed by atoms with Crippen LogP contribution in [0.15, 0.2) is 4.79 Å². The first-order chi connectivity index (χ1) is 9.90. The summed E-state index contributed by atoms with van der Waals surface area (Å²) in [6.45, 7) is 6.54. The van der Waals surface area contributed by atoms with Crippen LogP contribution >= 0.6 is 11.3 Å². The number of aromatic nitrogens is 2. The van der Waals surface area contributed by atoms with Crippen LogP contribution in [-0.4, -0.2) is 20.6 Å². The molecule has 0 bridgehead atoms. The van der Waals surface area contributed by atoms with Crippen molar-refractivity contribution in [2.24, 2.45) is 5.92 Å². The Kier molecular flexibility index (Phi) is 3.36. The zero-order chi connectivity index (χ0) is 15.3. The number of aliphatic carboxylic acids is 1. The monoisotopic (exact) mass is 306 g/mol. The minimum Gasteiger partial charge on any atom is -0.481 e. The lowest BCUT2D eigenvalue weighted by atomic mass is 10.0. The van der Waals surface area contributed by atoms with Crippen LogP contribution in [0.5, 0.6) is 0 Å². The van der Waals surface area contributed by atoms with Crippen LogP contribution in [0.4, 0.5) is 0 Å². The van der Waals surface area contributed by atoms with E-state index in [1.54, 1.807) is 4.57 Å². The highest BCUT2D eigenvalue weighted by Gasteiger charge is 2.34. The molecule has 1 N–H and O–H groups in total. The number of carboxylic acids is 1. The predicted octanol–water partition coefficient (Wildman–Crippen LogP) is 2.54. The molecule has 1 aliphatic rings. The molecule has 6 heteroatoms. The van der Waals surface area contributed by atoms with Gasteiger partial charge in [-0.3, -0.25) is 14.2 Å². The van der Waals surface area contributed by atoms with E-state index in [1.807, 2.05) is 20.8 Å². The number of carboxylic acid groups (broad SMARTS) is 1. The van der Waals surface area contributed by atoms with Crippen LogP contribution in [-0.2, 0) is 17.8 Å². The van der Waals surface area contributed by atoms with Crippen molar-refractivity contribution >= 4 is 27.5 Å². The highest BCUT2D eigenvalue weighted by Crippen LogP contribution is 2.42. The molecule has 3 rings (SSSR count). The van der Waals surface area contributed by atoms with E-state index in [4.69, 9.17) is 0 Å². The fourth-order valence-electron chi connectivity index (χ4n) is 3.05. The molecule has 2 aromatic rings. The summed E-state index contributed by atoms with van der Waals surface area (Å²) in [7, 11) is 0. The van der Waals surface area contributed by atoms with Gasteiger partial charge in [0.05, 0.1) is 11.3 Å². The first kappa shape index (κ1) is 14.3. The maximum Gasteiger partial charge on any atom is 0.311 e. The Morgan fingerprint density at radius 1 is 1.52 bits per heavy atom. The molecule has 0 radical (unpaired) electrons. The van der Waals surface area contributed by atoms with Gasteiger partial charge in [-0.05, 0) is 31.2 Å². The van der Waals surface area contributed by atoms with E-state index >= 15 is 0 Å². The molecule has 112 valence electrons. The second kappa shape index (κ2) is 4.94. The minimum atomic E-state index is -0.844. The zero-order valence-corrected chi connectivity index (χ0v) is 13.2. The molecular weight excluding hydrogens is 288 g/mol. The number of thiophene rings is 1. The third-order valence-corrected chi connectivity index (χ3v) is 5.13. The van der Waals surface area contributed by atoms with E-state index < -0.39 is 11.9 Å². The molecule has 5 nitrogen and oxygen atoms in total. The average Bonchev–Trinajstić information content (AvgIpc) is 2.91. The topological polar surface area (TPSA) is 72.2 Å². The van der Waals surface area contributed by atoms with E-state index in [1.165, 1.54) is 11.3 Å². The van der Waals surface area contributed by atoms with Crippen molar-refractivity contribution in [1.29, 1.82) is 0 Å². The lowest BCUT2D eigenvalue weighted by molar-refractivity contribution is -0.138. The smallest absolute Gasteiger partial charge is 0.311 e. The zero-order valence-electron chi connectivity index (χ0n) is 12.3. The summed E-state index contributed by atoms with van der Waals surface area (Å²) >= 11 is 1.48. The van der Waals surface area contributed by atoms with Gasteiger partial charge in [0.25, 0.3) is 5.56 Å². The summed E-state index contributed by atoms with van der Waals surface area (Å²) in [5, 5.41) is 9.91. The van der Waals surface area contributed by atoms with Crippen molar-refractivity contribution in [3.8, 4) is 0 Å². The van der Waals surface area contributed by atoms with Crippen molar-refractivity contribution in [2.75, 3.05) is 0 Å². The number of carbonyl (C=O) groups is 1. The summed E-state index contributed by atoms with van der Waals surface area (Å²) in [4.78, 5) is 30.5. The Hall–Kier alpha value is -1.69. The maximum atomic E-state index is 12.8. The molecule has 1 aliphatic carbocycles. The Bertz CT molecular complexity index is 788. The molecule has 21 heavy (non-hydrogen) atoms.